The second kappa shape index (κ2) is 4.82. The molecule has 0 radical (unpaired) electrons. The predicted octanol–water partition coefficient (Wildman–Crippen LogP) is 3.05. The van der Waals surface area contributed by atoms with Crippen LogP contribution in [0.4, 0.5) is 0 Å². The van der Waals surface area contributed by atoms with Gasteiger partial charge in [-0.05, 0) is 25.1 Å². The lowest BCUT2D eigenvalue weighted by Crippen LogP contribution is -2.28. The van der Waals surface area contributed by atoms with E-state index in [9.17, 15) is 0 Å². The summed E-state index contributed by atoms with van der Waals surface area (Å²) in [6.45, 7) is 1.76. The summed E-state index contributed by atoms with van der Waals surface area (Å²) in [5.41, 5.74) is 5.40. The summed E-state index contributed by atoms with van der Waals surface area (Å²) in [4.78, 5) is 0.293. The predicted molar refractivity (Wildman–Crippen MR) is 63.3 cm³/mol. The molecule has 1 aromatic carbocycles. The molecule has 5 heteroatoms. The summed E-state index contributed by atoms with van der Waals surface area (Å²) in [5, 5.41) is 1.03. The van der Waals surface area contributed by atoms with Crippen molar-refractivity contribution in [1.29, 1.82) is 0 Å². The van der Waals surface area contributed by atoms with E-state index in [1.807, 2.05) is 0 Å². The molecular weight excluding hydrogens is 241 g/mol. The van der Waals surface area contributed by atoms with Gasteiger partial charge < -0.3 is 10.5 Å². The second-order valence-electron chi connectivity index (χ2n) is 2.77. The van der Waals surface area contributed by atoms with Crippen molar-refractivity contribution in [3.8, 4) is 5.75 Å². The third kappa shape index (κ3) is 3.33. The van der Waals surface area contributed by atoms with Gasteiger partial charge in [0.1, 0.15) is 16.8 Å². The van der Waals surface area contributed by atoms with Crippen molar-refractivity contribution in [1.82, 2.24) is 0 Å². The molecule has 2 N–H and O–H groups in total. The molecule has 0 aliphatic heterocycles. The first-order valence-electron chi connectivity index (χ1n) is 3.91. The van der Waals surface area contributed by atoms with Crippen LogP contribution in [0.1, 0.15) is 6.92 Å². The maximum absolute atomic E-state index is 5.78. The molecule has 1 aromatic rings. The van der Waals surface area contributed by atoms with E-state index in [0.29, 0.717) is 20.8 Å². The molecule has 0 aromatic heterocycles. The number of hydrogen-bond acceptors (Lipinski definition) is 2. The fourth-order valence-corrected chi connectivity index (χ4v) is 1.41. The molecule has 0 bridgehead atoms. The molecule has 76 valence electrons. The summed E-state index contributed by atoms with van der Waals surface area (Å²) in [7, 11) is 0. The van der Waals surface area contributed by atoms with Crippen LogP contribution >= 0.6 is 35.4 Å². The fraction of sp³-hybridized carbons (Fsp3) is 0.222. The van der Waals surface area contributed by atoms with Crippen LogP contribution in [0.15, 0.2) is 18.2 Å². The van der Waals surface area contributed by atoms with Crippen LogP contribution in [0.5, 0.6) is 5.75 Å². The number of ether oxygens (including phenoxy) is 1. The fourth-order valence-electron chi connectivity index (χ4n) is 0.859. The number of nitrogens with two attached hydrogens (primary N) is 1. The monoisotopic (exact) mass is 249 g/mol. The summed E-state index contributed by atoms with van der Waals surface area (Å²) < 4.78 is 5.40. The molecule has 0 amide bonds. The third-order valence-corrected chi connectivity index (χ3v) is 2.32. The van der Waals surface area contributed by atoms with Crippen molar-refractivity contribution in [3.63, 3.8) is 0 Å². The van der Waals surface area contributed by atoms with Crippen LogP contribution in [0.3, 0.4) is 0 Å². The average Bonchev–Trinajstić information content (AvgIpc) is 2.01. The van der Waals surface area contributed by atoms with E-state index < -0.39 is 0 Å². The lowest BCUT2D eigenvalue weighted by Gasteiger charge is -2.13. The number of hydrogen-bond donors (Lipinski definition) is 1. The Balaban J connectivity index is 2.81. The molecule has 0 aliphatic carbocycles. The molecule has 1 unspecified atom stereocenters. The molecule has 14 heavy (non-hydrogen) atoms. The van der Waals surface area contributed by atoms with Crippen LogP contribution in [0.2, 0.25) is 10.0 Å². The van der Waals surface area contributed by atoms with Crippen molar-refractivity contribution in [2.24, 2.45) is 5.73 Å². The summed E-state index contributed by atoms with van der Waals surface area (Å²) in [6, 6.07) is 4.94. The van der Waals surface area contributed by atoms with Crippen LogP contribution in [-0.4, -0.2) is 11.1 Å². The highest BCUT2D eigenvalue weighted by molar-refractivity contribution is 7.80. The van der Waals surface area contributed by atoms with Crippen molar-refractivity contribution in [2.45, 2.75) is 13.0 Å². The van der Waals surface area contributed by atoms with Gasteiger partial charge in [-0.15, -0.1) is 0 Å². The smallest absolute Gasteiger partial charge is 0.145 e. The largest absolute Gasteiger partial charge is 0.484 e. The minimum absolute atomic E-state index is 0.293. The Bertz CT molecular complexity index is 336. The molecular formula is C9H9Cl2NOS. The SMILES string of the molecule is CC(Oc1cc(Cl)cc(Cl)c1)C(N)=S. The Kier molecular flexibility index (Phi) is 3.98. The number of rotatable bonds is 3. The van der Waals surface area contributed by atoms with Crippen LogP contribution in [0, 0.1) is 0 Å². The maximum atomic E-state index is 5.78. The summed E-state index contributed by atoms with van der Waals surface area (Å²) in [5.74, 6) is 0.558. The van der Waals surface area contributed by atoms with Crippen LogP contribution in [-0.2, 0) is 0 Å². The molecule has 0 saturated heterocycles. The van der Waals surface area contributed by atoms with Gasteiger partial charge >= 0.3 is 0 Å². The number of thiocarbonyl (C=S) groups is 1. The highest BCUT2D eigenvalue weighted by Gasteiger charge is 2.07. The topological polar surface area (TPSA) is 35.2 Å². The van der Waals surface area contributed by atoms with Gasteiger partial charge in [0.25, 0.3) is 0 Å². The van der Waals surface area contributed by atoms with Gasteiger partial charge in [-0.25, -0.2) is 0 Å². The van der Waals surface area contributed by atoms with Gasteiger partial charge in [-0.2, -0.15) is 0 Å². The van der Waals surface area contributed by atoms with E-state index in [1.54, 1.807) is 25.1 Å². The molecule has 0 spiro atoms. The van der Waals surface area contributed by atoms with Crippen molar-refractivity contribution in [3.05, 3.63) is 28.2 Å². The lowest BCUT2D eigenvalue weighted by molar-refractivity contribution is 0.288. The average molecular weight is 250 g/mol. The molecule has 0 heterocycles. The van der Waals surface area contributed by atoms with E-state index in [2.05, 4.69) is 0 Å². The molecule has 1 rings (SSSR count). The minimum Gasteiger partial charge on any atom is -0.484 e. The van der Waals surface area contributed by atoms with Gasteiger partial charge in [0.15, 0.2) is 0 Å². The van der Waals surface area contributed by atoms with Gasteiger partial charge in [0, 0.05) is 10.0 Å². The first-order chi connectivity index (χ1) is 6.49. The summed E-state index contributed by atoms with van der Waals surface area (Å²) >= 11 is 16.3. The molecule has 2 nitrogen and oxygen atoms in total. The lowest BCUT2D eigenvalue weighted by atomic mass is 10.3. The summed E-state index contributed by atoms with van der Waals surface area (Å²) in [6.07, 6.45) is -0.334. The zero-order chi connectivity index (χ0) is 10.7. The van der Waals surface area contributed by atoms with Gasteiger partial charge in [-0.1, -0.05) is 35.4 Å². The third-order valence-electron chi connectivity index (χ3n) is 1.55. The van der Waals surface area contributed by atoms with Gasteiger partial charge in [-0.3, -0.25) is 0 Å². The highest BCUT2D eigenvalue weighted by Crippen LogP contribution is 2.24. The zero-order valence-corrected chi connectivity index (χ0v) is 9.79. The molecule has 1 atom stereocenters. The van der Waals surface area contributed by atoms with E-state index in [1.165, 1.54) is 0 Å². The zero-order valence-electron chi connectivity index (χ0n) is 7.46. The quantitative estimate of drug-likeness (QED) is 0.837. The van der Waals surface area contributed by atoms with Crippen LogP contribution in [0.25, 0.3) is 0 Å². The first-order valence-corrected chi connectivity index (χ1v) is 5.07. The highest BCUT2D eigenvalue weighted by atomic mass is 35.5. The number of halogens is 2. The second-order valence-corrected chi connectivity index (χ2v) is 4.11. The van der Waals surface area contributed by atoms with Crippen LogP contribution < -0.4 is 10.5 Å². The van der Waals surface area contributed by atoms with Gasteiger partial charge in [0.05, 0.1) is 0 Å². The van der Waals surface area contributed by atoms with Crippen molar-refractivity contribution < 1.29 is 4.74 Å². The van der Waals surface area contributed by atoms with Crippen molar-refractivity contribution in [2.75, 3.05) is 0 Å². The first kappa shape index (κ1) is 11.6. The van der Waals surface area contributed by atoms with Gasteiger partial charge in [0.2, 0.25) is 0 Å². The normalized spacial score (nSPS) is 12.2. The van der Waals surface area contributed by atoms with E-state index in [-0.39, 0.29) is 6.10 Å². The Morgan fingerprint density at radius 3 is 2.29 bits per heavy atom. The Hall–Kier alpha value is -0.510. The molecule has 0 aliphatic rings. The van der Waals surface area contributed by atoms with E-state index in [0.717, 1.165) is 0 Å². The number of benzene rings is 1. The van der Waals surface area contributed by atoms with E-state index >= 15 is 0 Å². The molecule has 0 fully saturated rings. The standard InChI is InChI=1S/C9H9Cl2NOS/c1-5(9(12)14)13-8-3-6(10)2-7(11)4-8/h2-5H,1H3,(H2,12,14). The van der Waals surface area contributed by atoms with E-state index in [4.69, 9.17) is 45.9 Å². The minimum atomic E-state index is -0.334. The Morgan fingerprint density at radius 2 is 1.86 bits per heavy atom. The Labute approximate surface area is 97.9 Å². The van der Waals surface area contributed by atoms with Crippen molar-refractivity contribution >= 4 is 40.4 Å². The maximum Gasteiger partial charge on any atom is 0.145 e. The Morgan fingerprint density at radius 1 is 1.36 bits per heavy atom. The molecule has 0 saturated carbocycles.